The van der Waals surface area contributed by atoms with Crippen molar-refractivity contribution in [3.63, 3.8) is 0 Å². The Morgan fingerprint density at radius 3 is 2.70 bits per heavy atom. The molecule has 0 aliphatic heterocycles. The van der Waals surface area contributed by atoms with Gasteiger partial charge in [-0.1, -0.05) is 23.2 Å². The van der Waals surface area contributed by atoms with Gasteiger partial charge in [-0.3, -0.25) is 0 Å². The summed E-state index contributed by atoms with van der Waals surface area (Å²) in [4.78, 5) is 4.55. The van der Waals surface area contributed by atoms with Gasteiger partial charge in [0.1, 0.15) is 5.82 Å². The molecular formula is C14H11Cl3N2O. The van der Waals surface area contributed by atoms with Gasteiger partial charge in [0, 0.05) is 5.56 Å². The number of halogens is 3. The predicted molar refractivity (Wildman–Crippen MR) is 81.8 cm³/mol. The smallest absolute Gasteiger partial charge is 0.128 e. The highest BCUT2D eigenvalue weighted by molar-refractivity contribution is 6.42. The molecule has 6 heteroatoms. The van der Waals surface area contributed by atoms with Crippen molar-refractivity contribution in [1.82, 2.24) is 9.55 Å². The van der Waals surface area contributed by atoms with Gasteiger partial charge in [-0.2, -0.15) is 0 Å². The first-order valence-electron chi connectivity index (χ1n) is 6.06. The van der Waals surface area contributed by atoms with E-state index in [0.29, 0.717) is 16.6 Å². The maximum absolute atomic E-state index is 6.23. The van der Waals surface area contributed by atoms with Crippen molar-refractivity contribution in [3.8, 4) is 0 Å². The number of benzene rings is 1. The molecule has 1 unspecified atom stereocenters. The Morgan fingerprint density at radius 1 is 1.30 bits per heavy atom. The summed E-state index contributed by atoms with van der Waals surface area (Å²) >= 11 is 18.4. The normalized spacial score (nSPS) is 13.0. The molecule has 0 amide bonds. The van der Waals surface area contributed by atoms with Crippen LogP contribution in [0.5, 0.6) is 0 Å². The monoisotopic (exact) mass is 328 g/mol. The molecule has 0 saturated carbocycles. The second-order valence-electron chi connectivity index (χ2n) is 4.56. The molecule has 0 bridgehead atoms. The summed E-state index contributed by atoms with van der Waals surface area (Å²) in [5.41, 5.74) is 2.72. The molecule has 20 heavy (non-hydrogen) atoms. The van der Waals surface area contributed by atoms with E-state index in [1.54, 1.807) is 18.6 Å². The highest BCUT2D eigenvalue weighted by Crippen LogP contribution is 2.31. The Bertz CT molecular complexity index is 747. The molecule has 104 valence electrons. The number of furan rings is 1. The summed E-state index contributed by atoms with van der Waals surface area (Å²) in [6.45, 7) is 2.51. The number of aromatic nitrogens is 2. The standard InChI is InChI=1S/C14H11Cl3N2O/c1-8(15)14-18-12-4-10(16)11(17)5-13(12)19(14)6-9-2-3-20-7-9/h2-5,7-8H,6H2,1H3. The molecular weight excluding hydrogens is 319 g/mol. The van der Waals surface area contributed by atoms with E-state index in [0.717, 1.165) is 22.4 Å². The van der Waals surface area contributed by atoms with Crippen molar-refractivity contribution in [3.05, 3.63) is 52.2 Å². The lowest BCUT2D eigenvalue weighted by Crippen LogP contribution is -2.05. The molecule has 0 fully saturated rings. The fraction of sp³-hybridized carbons (Fsp3) is 0.214. The van der Waals surface area contributed by atoms with E-state index < -0.39 is 0 Å². The first-order valence-corrected chi connectivity index (χ1v) is 7.26. The minimum Gasteiger partial charge on any atom is -0.472 e. The number of hydrogen-bond acceptors (Lipinski definition) is 2. The van der Waals surface area contributed by atoms with Gasteiger partial charge in [-0.25, -0.2) is 4.98 Å². The Balaban J connectivity index is 2.20. The van der Waals surface area contributed by atoms with Crippen LogP contribution in [0.4, 0.5) is 0 Å². The lowest BCUT2D eigenvalue weighted by atomic mass is 10.3. The predicted octanol–water partition coefficient (Wildman–Crippen LogP) is 5.28. The van der Waals surface area contributed by atoms with E-state index in [1.807, 2.05) is 23.6 Å². The number of fused-ring (bicyclic) bond motifs is 1. The summed E-state index contributed by atoms with van der Waals surface area (Å²) < 4.78 is 7.13. The third kappa shape index (κ3) is 2.41. The third-order valence-electron chi connectivity index (χ3n) is 3.10. The summed E-state index contributed by atoms with van der Waals surface area (Å²) in [7, 11) is 0. The molecule has 0 aliphatic carbocycles. The van der Waals surface area contributed by atoms with E-state index >= 15 is 0 Å². The second kappa shape index (κ2) is 5.32. The number of alkyl halides is 1. The minimum absolute atomic E-state index is 0.216. The summed E-state index contributed by atoms with van der Waals surface area (Å²) in [6, 6.07) is 5.48. The average Bonchev–Trinajstić information content (AvgIpc) is 3.00. The van der Waals surface area contributed by atoms with Crippen molar-refractivity contribution in [2.24, 2.45) is 0 Å². The zero-order valence-electron chi connectivity index (χ0n) is 10.6. The summed E-state index contributed by atoms with van der Waals surface area (Å²) in [6.07, 6.45) is 3.34. The van der Waals surface area contributed by atoms with E-state index in [9.17, 15) is 0 Å². The SMILES string of the molecule is CC(Cl)c1nc2cc(Cl)c(Cl)cc2n1Cc1ccoc1. The molecule has 2 aromatic heterocycles. The third-order valence-corrected chi connectivity index (χ3v) is 4.01. The van der Waals surface area contributed by atoms with Crippen LogP contribution in [0.15, 0.2) is 35.1 Å². The van der Waals surface area contributed by atoms with Crippen molar-refractivity contribution in [2.75, 3.05) is 0 Å². The van der Waals surface area contributed by atoms with Crippen LogP contribution in [0.2, 0.25) is 10.0 Å². The van der Waals surface area contributed by atoms with Gasteiger partial charge >= 0.3 is 0 Å². The van der Waals surface area contributed by atoms with Crippen LogP contribution in [0.1, 0.15) is 23.7 Å². The van der Waals surface area contributed by atoms with Crippen molar-refractivity contribution in [1.29, 1.82) is 0 Å². The maximum Gasteiger partial charge on any atom is 0.128 e. The molecule has 1 atom stereocenters. The second-order valence-corrected chi connectivity index (χ2v) is 6.03. The Kier molecular flexibility index (Phi) is 3.67. The van der Waals surface area contributed by atoms with Crippen LogP contribution < -0.4 is 0 Å². The Hall–Kier alpha value is -1.16. The maximum atomic E-state index is 6.23. The highest BCUT2D eigenvalue weighted by Gasteiger charge is 2.17. The molecule has 0 saturated heterocycles. The first-order chi connectivity index (χ1) is 9.56. The van der Waals surface area contributed by atoms with E-state index in [-0.39, 0.29) is 5.38 Å². The summed E-state index contributed by atoms with van der Waals surface area (Å²) in [5.74, 6) is 0.779. The minimum atomic E-state index is -0.216. The molecule has 0 radical (unpaired) electrons. The van der Waals surface area contributed by atoms with Crippen molar-refractivity contribution in [2.45, 2.75) is 18.8 Å². The van der Waals surface area contributed by atoms with Gasteiger partial charge < -0.3 is 8.98 Å². The van der Waals surface area contributed by atoms with Gasteiger partial charge in [-0.05, 0) is 25.1 Å². The molecule has 0 spiro atoms. The number of rotatable bonds is 3. The lowest BCUT2D eigenvalue weighted by molar-refractivity contribution is 0.562. The average molecular weight is 330 g/mol. The number of hydrogen-bond donors (Lipinski definition) is 0. The molecule has 3 nitrogen and oxygen atoms in total. The lowest BCUT2D eigenvalue weighted by Gasteiger charge is -2.09. The van der Waals surface area contributed by atoms with Gasteiger partial charge in [0.25, 0.3) is 0 Å². The Morgan fingerprint density at radius 2 is 2.05 bits per heavy atom. The molecule has 2 heterocycles. The quantitative estimate of drug-likeness (QED) is 0.612. The molecule has 0 aliphatic rings. The van der Waals surface area contributed by atoms with Crippen molar-refractivity contribution >= 4 is 45.8 Å². The zero-order valence-corrected chi connectivity index (χ0v) is 12.9. The van der Waals surface area contributed by atoms with E-state index in [2.05, 4.69) is 4.98 Å². The first kappa shape index (κ1) is 13.8. The Labute approximate surface area is 131 Å². The topological polar surface area (TPSA) is 31.0 Å². The van der Waals surface area contributed by atoms with Crippen LogP contribution in [0.25, 0.3) is 11.0 Å². The fourth-order valence-electron chi connectivity index (χ4n) is 2.17. The van der Waals surface area contributed by atoms with Gasteiger partial charge in [0.2, 0.25) is 0 Å². The van der Waals surface area contributed by atoms with Gasteiger partial charge in [0.15, 0.2) is 0 Å². The molecule has 3 rings (SSSR count). The van der Waals surface area contributed by atoms with E-state index in [4.69, 9.17) is 39.2 Å². The fourth-order valence-corrected chi connectivity index (χ4v) is 2.66. The van der Waals surface area contributed by atoms with Gasteiger partial charge in [-0.15, -0.1) is 11.6 Å². The van der Waals surface area contributed by atoms with Crippen LogP contribution >= 0.6 is 34.8 Å². The number of nitrogens with zero attached hydrogens (tertiary/aromatic N) is 2. The van der Waals surface area contributed by atoms with E-state index in [1.165, 1.54) is 0 Å². The largest absolute Gasteiger partial charge is 0.472 e. The highest BCUT2D eigenvalue weighted by atomic mass is 35.5. The van der Waals surface area contributed by atoms with Crippen LogP contribution in [0.3, 0.4) is 0 Å². The number of imidazole rings is 1. The molecule has 0 N–H and O–H groups in total. The van der Waals surface area contributed by atoms with Crippen molar-refractivity contribution < 1.29 is 4.42 Å². The van der Waals surface area contributed by atoms with Gasteiger partial charge in [0.05, 0.1) is 45.5 Å². The molecule has 1 aromatic carbocycles. The van der Waals surface area contributed by atoms with Crippen LogP contribution in [-0.2, 0) is 6.54 Å². The van der Waals surface area contributed by atoms with Crippen LogP contribution in [-0.4, -0.2) is 9.55 Å². The molecule has 3 aromatic rings. The van der Waals surface area contributed by atoms with Crippen LogP contribution in [0, 0.1) is 0 Å². The zero-order chi connectivity index (χ0) is 14.3. The summed E-state index contributed by atoms with van der Waals surface area (Å²) in [5, 5.41) is 0.772.